The van der Waals surface area contributed by atoms with Gasteiger partial charge >= 0.3 is 17.9 Å². The topological polar surface area (TPSA) is 78.9 Å². The molecule has 0 aliphatic heterocycles. The molecule has 0 aliphatic rings. The molecule has 0 aromatic carbocycles. The van der Waals surface area contributed by atoms with Crippen LogP contribution in [0.3, 0.4) is 0 Å². The molecule has 0 heterocycles. The fraction of sp³-hybridized carbons (Fsp3) is 0.652. The zero-order chi connectivity index (χ0) is 52.2. The third kappa shape index (κ3) is 56.7. The van der Waals surface area contributed by atoms with Crippen LogP contribution in [-0.2, 0) is 28.6 Å². The summed E-state index contributed by atoms with van der Waals surface area (Å²) in [5.74, 6) is -0.967. The van der Waals surface area contributed by atoms with Crippen molar-refractivity contribution in [2.45, 2.75) is 264 Å². The molecule has 0 aromatic heterocycles. The minimum absolute atomic E-state index is 0.102. The zero-order valence-corrected chi connectivity index (χ0v) is 46.7. The van der Waals surface area contributed by atoms with Crippen molar-refractivity contribution in [2.24, 2.45) is 0 Å². The van der Waals surface area contributed by atoms with Gasteiger partial charge in [-0.15, -0.1) is 0 Å². The van der Waals surface area contributed by atoms with Crippen LogP contribution >= 0.6 is 0 Å². The summed E-state index contributed by atoms with van der Waals surface area (Å²) in [5.41, 5.74) is 0. The summed E-state index contributed by atoms with van der Waals surface area (Å²) in [4.78, 5) is 38.1. The SMILES string of the molecule is CC/C=C\C/C=C\C/C=C\C/C=C\C/C=C\C/C=C\C/C=C\C/C=C\CCCCC(=O)OCC(COC(=O)CCCCCCC/C=C\CCCC)OC(=O)CCCCCCC/C=C\CCCCCCCCC. The molecule has 0 rings (SSSR count). The number of esters is 3. The van der Waals surface area contributed by atoms with Gasteiger partial charge in [0.1, 0.15) is 13.2 Å². The quantitative estimate of drug-likeness (QED) is 0.0261. The van der Waals surface area contributed by atoms with E-state index in [1.807, 2.05) is 0 Å². The predicted molar refractivity (Wildman–Crippen MR) is 311 cm³/mol. The Bertz CT molecular complexity index is 1520. The Balaban J connectivity index is 4.42. The summed E-state index contributed by atoms with van der Waals surface area (Å²) < 4.78 is 16.8. The number of hydrogen-bond donors (Lipinski definition) is 0. The lowest BCUT2D eigenvalue weighted by Gasteiger charge is -2.18. The number of hydrogen-bond acceptors (Lipinski definition) is 6. The molecule has 408 valence electrons. The Hall–Kier alpha value is -4.19. The number of carbonyl (C=O) groups excluding carboxylic acids is 3. The Morgan fingerprint density at radius 3 is 0.931 bits per heavy atom. The van der Waals surface area contributed by atoms with E-state index in [-0.39, 0.29) is 31.1 Å². The van der Waals surface area contributed by atoms with Crippen LogP contribution in [0.5, 0.6) is 0 Å². The van der Waals surface area contributed by atoms with Crippen LogP contribution in [0.2, 0.25) is 0 Å². The standard InChI is InChI=1S/C66H108O6/c1-4-7-10-13-16-19-22-24-26-28-29-30-31-32-33-34-35-36-37-38-40-41-44-47-50-53-56-59-65(68)71-62-63(61-70-64(67)58-55-52-49-46-43-21-18-15-12-9-6-3)72-66(69)60-57-54-51-48-45-42-39-27-25-23-20-17-14-11-8-5-2/h7,10,15-16,18-19,24,26-27,29-30,32-33,35-36,38-40,44,47,63H,4-6,8-9,11-14,17,20-23,25,28,31,34,37,41-43,45-46,48-62H2,1-3H3/b10-7-,18-15-,19-16-,26-24-,30-29-,33-32-,36-35-,39-27-,40-38-,47-44-. The van der Waals surface area contributed by atoms with E-state index in [4.69, 9.17) is 14.2 Å². The van der Waals surface area contributed by atoms with Gasteiger partial charge in [-0.1, -0.05) is 232 Å². The summed E-state index contributed by atoms with van der Waals surface area (Å²) in [6.07, 6.45) is 82.0. The van der Waals surface area contributed by atoms with Crippen LogP contribution in [0, 0.1) is 0 Å². The third-order valence-corrected chi connectivity index (χ3v) is 12.2. The Morgan fingerprint density at radius 2 is 0.556 bits per heavy atom. The van der Waals surface area contributed by atoms with Crippen molar-refractivity contribution in [1.82, 2.24) is 0 Å². The molecule has 72 heavy (non-hydrogen) atoms. The van der Waals surface area contributed by atoms with Gasteiger partial charge in [-0.05, 0) is 128 Å². The van der Waals surface area contributed by atoms with Crippen LogP contribution < -0.4 is 0 Å². The Kier molecular flexibility index (Phi) is 55.9. The van der Waals surface area contributed by atoms with E-state index >= 15 is 0 Å². The van der Waals surface area contributed by atoms with Gasteiger partial charge in [-0.2, -0.15) is 0 Å². The average molecular weight is 998 g/mol. The molecule has 0 saturated heterocycles. The van der Waals surface area contributed by atoms with Crippen LogP contribution in [0.1, 0.15) is 258 Å². The molecular weight excluding hydrogens is 889 g/mol. The van der Waals surface area contributed by atoms with Crippen LogP contribution in [0.15, 0.2) is 122 Å². The van der Waals surface area contributed by atoms with Crippen molar-refractivity contribution in [3.8, 4) is 0 Å². The molecule has 0 N–H and O–H groups in total. The summed E-state index contributed by atoms with van der Waals surface area (Å²) in [6.45, 7) is 6.43. The van der Waals surface area contributed by atoms with Crippen LogP contribution in [0.4, 0.5) is 0 Å². The van der Waals surface area contributed by atoms with Gasteiger partial charge in [0, 0.05) is 19.3 Å². The van der Waals surface area contributed by atoms with Gasteiger partial charge in [0.05, 0.1) is 0 Å². The van der Waals surface area contributed by atoms with E-state index in [0.717, 1.165) is 128 Å². The molecule has 0 fully saturated rings. The molecule has 6 nitrogen and oxygen atoms in total. The maximum absolute atomic E-state index is 12.8. The maximum atomic E-state index is 12.8. The number of rotatable bonds is 52. The Morgan fingerprint density at radius 1 is 0.292 bits per heavy atom. The van der Waals surface area contributed by atoms with Crippen molar-refractivity contribution in [2.75, 3.05) is 13.2 Å². The predicted octanol–water partition coefficient (Wildman–Crippen LogP) is 20.0. The molecule has 0 bridgehead atoms. The summed E-state index contributed by atoms with van der Waals surface area (Å²) >= 11 is 0. The molecular formula is C66H108O6. The Labute approximate surface area is 443 Å². The van der Waals surface area contributed by atoms with Gasteiger partial charge in [-0.25, -0.2) is 0 Å². The van der Waals surface area contributed by atoms with E-state index < -0.39 is 6.10 Å². The highest BCUT2D eigenvalue weighted by molar-refractivity contribution is 5.71. The lowest BCUT2D eigenvalue weighted by Crippen LogP contribution is -2.30. The van der Waals surface area contributed by atoms with Crippen molar-refractivity contribution < 1.29 is 28.6 Å². The molecule has 0 amide bonds. The first-order chi connectivity index (χ1) is 35.5. The highest BCUT2D eigenvalue weighted by Crippen LogP contribution is 2.14. The van der Waals surface area contributed by atoms with Gasteiger partial charge in [0.15, 0.2) is 6.10 Å². The minimum atomic E-state index is -0.806. The highest BCUT2D eigenvalue weighted by atomic mass is 16.6. The van der Waals surface area contributed by atoms with E-state index in [2.05, 4.69) is 142 Å². The van der Waals surface area contributed by atoms with Crippen LogP contribution in [0.25, 0.3) is 0 Å². The second-order valence-electron chi connectivity index (χ2n) is 19.2. The number of unbranched alkanes of at least 4 members (excludes halogenated alkanes) is 21. The van der Waals surface area contributed by atoms with Gasteiger partial charge < -0.3 is 14.2 Å². The normalized spacial score (nSPS) is 13.0. The molecule has 1 unspecified atom stereocenters. The smallest absolute Gasteiger partial charge is 0.306 e. The second-order valence-corrected chi connectivity index (χ2v) is 19.2. The molecule has 0 radical (unpaired) electrons. The maximum Gasteiger partial charge on any atom is 0.306 e. The third-order valence-electron chi connectivity index (χ3n) is 12.2. The van der Waals surface area contributed by atoms with E-state index in [1.54, 1.807) is 0 Å². The molecule has 1 atom stereocenters. The van der Waals surface area contributed by atoms with E-state index in [0.29, 0.717) is 25.7 Å². The highest BCUT2D eigenvalue weighted by Gasteiger charge is 2.19. The molecule has 0 aromatic rings. The fourth-order valence-electron chi connectivity index (χ4n) is 7.73. The van der Waals surface area contributed by atoms with Crippen molar-refractivity contribution >= 4 is 17.9 Å². The minimum Gasteiger partial charge on any atom is -0.462 e. The zero-order valence-electron chi connectivity index (χ0n) is 46.7. The number of carbonyl (C=O) groups is 3. The summed E-state index contributed by atoms with van der Waals surface area (Å²) in [7, 11) is 0. The van der Waals surface area contributed by atoms with E-state index in [1.165, 1.54) is 83.5 Å². The van der Waals surface area contributed by atoms with Crippen molar-refractivity contribution in [1.29, 1.82) is 0 Å². The van der Waals surface area contributed by atoms with E-state index in [9.17, 15) is 14.4 Å². The lowest BCUT2D eigenvalue weighted by molar-refractivity contribution is -0.167. The van der Waals surface area contributed by atoms with Crippen molar-refractivity contribution in [3.05, 3.63) is 122 Å². The largest absolute Gasteiger partial charge is 0.462 e. The average Bonchev–Trinajstić information content (AvgIpc) is 3.38. The van der Waals surface area contributed by atoms with Gasteiger partial charge in [-0.3, -0.25) is 14.4 Å². The summed E-state index contributed by atoms with van der Waals surface area (Å²) in [5, 5.41) is 0. The molecule has 6 heteroatoms. The van der Waals surface area contributed by atoms with Crippen molar-refractivity contribution in [3.63, 3.8) is 0 Å². The first-order valence-corrected chi connectivity index (χ1v) is 29.5. The van der Waals surface area contributed by atoms with Gasteiger partial charge in [0.2, 0.25) is 0 Å². The van der Waals surface area contributed by atoms with Crippen LogP contribution in [-0.4, -0.2) is 37.2 Å². The second kappa shape index (κ2) is 59.4. The number of allylic oxidation sites excluding steroid dienone is 20. The molecule has 0 aliphatic carbocycles. The fourth-order valence-corrected chi connectivity index (χ4v) is 7.73. The monoisotopic (exact) mass is 997 g/mol. The first-order valence-electron chi connectivity index (χ1n) is 29.5. The lowest BCUT2D eigenvalue weighted by atomic mass is 10.1. The molecule has 0 spiro atoms. The molecule has 0 saturated carbocycles. The van der Waals surface area contributed by atoms with Gasteiger partial charge in [0.25, 0.3) is 0 Å². The summed E-state index contributed by atoms with van der Waals surface area (Å²) in [6, 6.07) is 0. The first kappa shape index (κ1) is 67.8. The number of ether oxygens (including phenoxy) is 3.